The van der Waals surface area contributed by atoms with Gasteiger partial charge in [-0.3, -0.25) is 9.59 Å². The van der Waals surface area contributed by atoms with Crippen molar-refractivity contribution in [2.45, 2.75) is 31.5 Å². The molecule has 1 spiro atoms. The van der Waals surface area contributed by atoms with Gasteiger partial charge in [-0.25, -0.2) is 0 Å². The van der Waals surface area contributed by atoms with Crippen LogP contribution in [-0.4, -0.2) is 35.2 Å². The number of carboxylic acids is 1. The molecular formula is C18H19NO4. The van der Waals surface area contributed by atoms with Gasteiger partial charge in [-0.2, -0.15) is 0 Å². The summed E-state index contributed by atoms with van der Waals surface area (Å²) in [6.07, 6.45) is 3.18. The first kappa shape index (κ1) is 14.5. The number of benzene rings is 1. The molecule has 23 heavy (non-hydrogen) atoms. The minimum absolute atomic E-state index is 0.151. The Morgan fingerprint density at radius 1 is 1.35 bits per heavy atom. The van der Waals surface area contributed by atoms with Crippen molar-refractivity contribution in [3.63, 3.8) is 0 Å². The van der Waals surface area contributed by atoms with E-state index in [0.717, 1.165) is 5.69 Å². The number of hydrogen-bond acceptors (Lipinski definition) is 3. The molecule has 1 amide bonds. The summed E-state index contributed by atoms with van der Waals surface area (Å²) in [4.78, 5) is 26.1. The lowest BCUT2D eigenvalue weighted by Gasteiger charge is -2.21. The molecule has 5 heteroatoms. The van der Waals surface area contributed by atoms with Crippen molar-refractivity contribution in [3.8, 4) is 0 Å². The van der Waals surface area contributed by atoms with E-state index in [-0.39, 0.29) is 5.91 Å². The predicted molar refractivity (Wildman–Crippen MR) is 84.2 cm³/mol. The summed E-state index contributed by atoms with van der Waals surface area (Å²) in [6.45, 7) is 4.62. The molecule has 3 aliphatic rings. The highest BCUT2D eigenvalue weighted by Gasteiger charge is 2.67. The summed E-state index contributed by atoms with van der Waals surface area (Å²) in [6, 6.07) is 7.89. The number of aliphatic carboxylic acids is 1. The molecule has 120 valence electrons. The number of fused-ring (bicyclic) bond motifs is 1. The number of nitrogens with zero attached hydrogens (tertiary/aromatic N) is 1. The second kappa shape index (κ2) is 4.68. The highest BCUT2D eigenvalue weighted by molar-refractivity contribution is 6.02. The van der Waals surface area contributed by atoms with E-state index in [0.29, 0.717) is 12.5 Å². The van der Waals surface area contributed by atoms with E-state index >= 15 is 0 Å². The second-order valence-electron chi connectivity index (χ2n) is 6.91. The molecule has 5 nitrogen and oxygen atoms in total. The molecule has 1 aromatic rings. The van der Waals surface area contributed by atoms with Crippen molar-refractivity contribution in [3.05, 3.63) is 42.0 Å². The Hall–Kier alpha value is -2.14. The molecule has 0 unspecified atom stereocenters. The number of anilines is 1. The van der Waals surface area contributed by atoms with Gasteiger partial charge in [-0.1, -0.05) is 38.1 Å². The summed E-state index contributed by atoms with van der Waals surface area (Å²) in [5, 5.41) is 9.47. The number of carboxylic acid groups (broad SMARTS) is 1. The minimum Gasteiger partial charge on any atom is -0.481 e. The van der Waals surface area contributed by atoms with Gasteiger partial charge < -0.3 is 14.7 Å². The highest BCUT2D eigenvalue weighted by atomic mass is 16.5. The Bertz CT molecular complexity index is 708. The molecule has 1 N–H and O–H groups in total. The molecule has 2 fully saturated rings. The van der Waals surface area contributed by atoms with Crippen molar-refractivity contribution in [2.75, 3.05) is 11.4 Å². The molecule has 0 aliphatic carbocycles. The van der Waals surface area contributed by atoms with Gasteiger partial charge >= 0.3 is 5.97 Å². The molecule has 1 aromatic carbocycles. The third kappa shape index (κ3) is 1.89. The maximum absolute atomic E-state index is 12.9. The Labute approximate surface area is 134 Å². The first-order valence-corrected chi connectivity index (χ1v) is 7.94. The third-order valence-electron chi connectivity index (χ3n) is 5.26. The smallest absolute Gasteiger partial charge is 0.310 e. The van der Waals surface area contributed by atoms with Crippen molar-refractivity contribution in [1.82, 2.24) is 0 Å². The standard InChI is InChI=1S/C18H19NO4/c1-10(2)11-3-5-12(6-4-11)19-9-18-8-7-13(23-18)14(17(21)22)15(18)16(19)20/h3-8,10,13-15H,9H2,1-2H3,(H,21,22)/t13-,14-,15+,18-/m1/s1. The van der Waals surface area contributed by atoms with E-state index in [4.69, 9.17) is 4.74 Å². The van der Waals surface area contributed by atoms with Gasteiger partial charge in [0.25, 0.3) is 0 Å². The van der Waals surface area contributed by atoms with Crippen molar-refractivity contribution < 1.29 is 19.4 Å². The lowest BCUT2D eigenvalue weighted by atomic mass is 9.77. The molecule has 0 radical (unpaired) electrons. The zero-order valence-electron chi connectivity index (χ0n) is 13.1. The molecule has 4 rings (SSSR count). The highest BCUT2D eigenvalue weighted by Crippen LogP contribution is 2.52. The van der Waals surface area contributed by atoms with E-state index in [1.807, 2.05) is 30.3 Å². The molecule has 3 heterocycles. The number of hydrogen-bond donors (Lipinski definition) is 1. The normalized spacial score (nSPS) is 34.5. The van der Waals surface area contributed by atoms with Crippen LogP contribution in [0.5, 0.6) is 0 Å². The lowest BCUT2D eigenvalue weighted by Crippen LogP contribution is -2.39. The Morgan fingerprint density at radius 2 is 2.04 bits per heavy atom. The van der Waals surface area contributed by atoms with Gasteiger partial charge in [0.1, 0.15) is 11.5 Å². The molecule has 0 saturated carbocycles. The number of carbonyl (C=O) groups excluding carboxylic acids is 1. The fourth-order valence-electron chi connectivity index (χ4n) is 4.04. The van der Waals surface area contributed by atoms with Crippen LogP contribution in [0.1, 0.15) is 25.3 Å². The Morgan fingerprint density at radius 3 is 2.65 bits per heavy atom. The monoisotopic (exact) mass is 313 g/mol. The van der Waals surface area contributed by atoms with E-state index in [1.54, 1.807) is 11.0 Å². The number of amides is 1. The van der Waals surface area contributed by atoms with Crippen LogP contribution < -0.4 is 4.90 Å². The number of rotatable bonds is 3. The first-order chi connectivity index (χ1) is 10.9. The minimum atomic E-state index is -0.961. The van der Waals surface area contributed by atoms with Crippen LogP contribution in [-0.2, 0) is 14.3 Å². The van der Waals surface area contributed by atoms with Crippen LogP contribution in [0.3, 0.4) is 0 Å². The maximum Gasteiger partial charge on any atom is 0.310 e. The van der Waals surface area contributed by atoms with Crippen molar-refractivity contribution in [1.29, 1.82) is 0 Å². The summed E-state index contributed by atoms with van der Waals surface area (Å²) < 4.78 is 5.89. The van der Waals surface area contributed by atoms with E-state index in [2.05, 4.69) is 13.8 Å². The number of ether oxygens (including phenoxy) is 1. The zero-order chi connectivity index (χ0) is 16.4. The summed E-state index contributed by atoms with van der Waals surface area (Å²) in [5.74, 6) is -2.10. The van der Waals surface area contributed by atoms with Gasteiger partial charge in [0.15, 0.2) is 0 Å². The zero-order valence-corrected chi connectivity index (χ0v) is 13.1. The molecule has 2 saturated heterocycles. The summed E-state index contributed by atoms with van der Waals surface area (Å²) in [7, 11) is 0. The Balaban J connectivity index is 1.67. The SMILES string of the molecule is CC(C)c1ccc(N2C[C@@]34C=C[C@@H](O3)[C@@H](C(=O)O)[C@H]4C2=O)cc1. The molecular weight excluding hydrogens is 294 g/mol. The fourth-order valence-corrected chi connectivity index (χ4v) is 4.04. The van der Waals surface area contributed by atoms with Crippen LogP contribution in [0.4, 0.5) is 5.69 Å². The van der Waals surface area contributed by atoms with Crippen LogP contribution in [0.15, 0.2) is 36.4 Å². The Kier molecular flexibility index (Phi) is 2.94. The molecule has 2 bridgehead atoms. The van der Waals surface area contributed by atoms with Crippen LogP contribution in [0.2, 0.25) is 0 Å². The van der Waals surface area contributed by atoms with Gasteiger partial charge in [0, 0.05) is 5.69 Å². The predicted octanol–water partition coefficient (Wildman–Crippen LogP) is 2.18. The largest absolute Gasteiger partial charge is 0.481 e. The van der Waals surface area contributed by atoms with Crippen LogP contribution >= 0.6 is 0 Å². The topological polar surface area (TPSA) is 66.8 Å². The van der Waals surface area contributed by atoms with Crippen LogP contribution in [0, 0.1) is 11.8 Å². The van der Waals surface area contributed by atoms with Gasteiger partial charge in [0.2, 0.25) is 5.91 Å². The third-order valence-corrected chi connectivity index (χ3v) is 5.26. The quantitative estimate of drug-likeness (QED) is 0.869. The van der Waals surface area contributed by atoms with E-state index < -0.39 is 29.5 Å². The van der Waals surface area contributed by atoms with E-state index in [1.165, 1.54) is 5.56 Å². The molecule has 3 aliphatic heterocycles. The van der Waals surface area contributed by atoms with Gasteiger partial charge in [-0.15, -0.1) is 0 Å². The fraction of sp³-hybridized carbons (Fsp3) is 0.444. The molecule has 4 atom stereocenters. The summed E-state index contributed by atoms with van der Waals surface area (Å²) >= 11 is 0. The van der Waals surface area contributed by atoms with Gasteiger partial charge in [-0.05, 0) is 23.6 Å². The van der Waals surface area contributed by atoms with Crippen molar-refractivity contribution in [2.24, 2.45) is 11.8 Å². The maximum atomic E-state index is 12.9. The number of carbonyl (C=O) groups is 2. The second-order valence-corrected chi connectivity index (χ2v) is 6.91. The lowest BCUT2D eigenvalue weighted by molar-refractivity contribution is -0.146. The van der Waals surface area contributed by atoms with E-state index in [9.17, 15) is 14.7 Å². The average molecular weight is 313 g/mol. The van der Waals surface area contributed by atoms with Crippen LogP contribution in [0.25, 0.3) is 0 Å². The first-order valence-electron chi connectivity index (χ1n) is 7.94. The van der Waals surface area contributed by atoms with Crippen molar-refractivity contribution >= 4 is 17.6 Å². The summed E-state index contributed by atoms with van der Waals surface area (Å²) in [5.41, 5.74) is 1.23. The average Bonchev–Trinajstić information content (AvgIpc) is 3.15. The molecule has 0 aromatic heterocycles. The van der Waals surface area contributed by atoms with Gasteiger partial charge in [0.05, 0.1) is 18.6 Å².